The molecule has 0 radical (unpaired) electrons. The first kappa shape index (κ1) is 15.3. The van der Waals surface area contributed by atoms with Crippen molar-refractivity contribution in [2.45, 2.75) is 19.0 Å². The number of urea groups is 1. The van der Waals surface area contributed by atoms with Crippen molar-refractivity contribution in [1.82, 2.24) is 25.6 Å². The molecule has 19 heavy (non-hydrogen) atoms. The van der Waals surface area contributed by atoms with Crippen molar-refractivity contribution in [3.05, 3.63) is 12.4 Å². The second-order valence-corrected chi connectivity index (χ2v) is 4.72. The fourth-order valence-electron chi connectivity index (χ4n) is 1.34. The molecule has 0 aliphatic heterocycles. The number of rotatable bonds is 8. The number of carbonyl (C=O) groups excluding carboxylic acids is 1. The molecule has 0 unspecified atom stereocenters. The van der Waals surface area contributed by atoms with Crippen LogP contribution in [0.25, 0.3) is 0 Å². The molecule has 0 aromatic carbocycles. The van der Waals surface area contributed by atoms with Gasteiger partial charge in [0.2, 0.25) is 0 Å². The van der Waals surface area contributed by atoms with Gasteiger partial charge in [-0.05, 0) is 18.4 Å². The van der Waals surface area contributed by atoms with E-state index in [0.29, 0.717) is 25.3 Å². The van der Waals surface area contributed by atoms with Gasteiger partial charge in [0.25, 0.3) is 0 Å². The van der Waals surface area contributed by atoms with E-state index in [9.17, 15) is 9.59 Å². The first-order chi connectivity index (χ1) is 9.13. The van der Waals surface area contributed by atoms with Gasteiger partial charge in [-0.25, -0.2) is 9.59 Å². The zero-order valence-electron chi connectivity index (χ0n) is 10.6. The quantitative estimate of drug-likeness (QED) is 0.610. The first-order valence-electron chi connectivity index (χ1n) is 5.73. The summed E-state index contributed by atoms with van der Waals surface area (Å²) in [5.41, 5.74) is 0. The number of aliphatic carboxylic acids is 1. The van der Waals surface area contributed by atoms with Crippen molar-refractivity contribution in [2.75, 3.05) is 18.6 Å². The van der Waals surface area contributed by atoms with Crippen LogP contribution in [0.4, 0.5) is 4.79 Å². The van der Waals surface area contributed by atoms with Gasteiger partial charge < -0.3 is 15.7 Å². The standard InChI is InChI=1S/C10H17N5O3S/c1-19-7-2-8(9(16)17)13-10(18)11-3-5-15-6-4-12-14-15/h4,6,8H,2-3,5,7H2,1H3,(H,16,17)(H2,11,13,18)/t8-/m1/s1. The smallest absolute Gasteiger partial charge is 0.326 e. The number of carboxylic acid groups (broad SMARTS) is 1. The van der Waals surface area contributed by atoms with E-state index in [-0.39, 0.29) is 0 Å². The summed E-state index contributed by atoms with van der Waals surface area (Å²) in [4.78, 5) is 22.4. The zero-order chi connectivity index (χ0) is 14.1. The van der Waals surface area contributed by atoms with E-state index in [0.717, 1.165) is 0 Å². The molecule has 0 bridgehead atoms. The van der Waals surface area contributed by atoms with Gasteiger partial charge in [-0.15, -0.1) is 5.10 Å². The van der Waals surface area contributed by atoms with E-state index in [1.54, 1.807) is 17.1 Å². The molecule has 1 aromatic rings. The van der Waals surface area contributed by atoms with E-state index in [2.05, 4.69) is 20.9 Å². The summed E-state index contributed by atoms with van der Waals surface area (Å²) in [6.45, 7) is 0.833. The molecule has 1 atom stereocenters. The Morgan fingerprint density at radius 1 is 1.53 bits per heavy atom. The lowest BCUT2D eigenvalue weighted by molar-refractivity contribution is -0.139. The fraction of sp³-hybridized carbons (Fsp3) is 0.600. The van der Waals surface area contributed by atoms with Crippen LogP contribution in [0.15, 0.2) is 12.4 Å². The highest BCUT2D eigenvalue weighted by Crippen LogP contribution is 2.00. The molecule has 0 saturated heterocycles. The summed E-state index contributed by atoms with van der Waals surface area (Å²) < 4.78 is 1.57. The van der Waals surface area contributed by atoms with Crippen molar-refractivity contribution < 1.29 is 14.7 Å². The normalized spacial score (nSPS) is 11.8. The maximum atomic E-state index is 11.5. The molecular formula is C10H17N5O3S. The number of nitrogens with zero attached hydrogens (tertiary/aromatic N) is 3. The van der Waals surface area contributed by atoms with Crippen molar-refractivity contribution in [1.29, 1.82) is 0 Å². The van der Waals surface area contributed by atoms with Crippen LogP contribution < -0.4 is 10.6 Å². The van der Waals surface area contributed by atoms with E-state index < -0.39 is 18.0 Å². The highest BCUT2D eigenvalue weighted by atomic mass is 32.2. The number of hydrogen-bond donors (Lipinski definition) is 3. The lowest BCUT2D eigenvalue weighted by Crippen LogP contribution is -2.46. The van der Waals surface area contributed by atoms with Crippen LogP contribution in [0.3, 0.4) is 0 Å². The Morgan fingerprint density at radius 3 is 2.89 bits per heavy atom. The van der Waals surface area contributed by atoms with Gasteiger partial charge in [-0.2, -0.15) is 11.8 Å². The molecule has 0 aliphatic rings. The summed E-state index contributed by atoms with van der Waals surface area (Å²) >= 11 is 1.54. The summed E-state index contributed by atoms with van der Waals surface area (Å²) in [6.07, 6.45) is 5.51. The minimum atomic E-state index is -1.03. The molecule has 2 amide bonds. The molecule has 106 valence electrons. The summed E-state index contributed by atoms with van der Waals surface area (Å²) in [5, 5.41) is 21.3. The van der Waals surface area contributed by atoms with Crippen LogP contribution in [0.1, 0.15) is 6.42 Å². The number of amides is 2. The highest BCUT2D eigenvalue weighted by Gasteiger charge is 2.18. The Balaban J connectivity index is 2.25. The van der Waals surface area contributed by atoms with E-state index in [1.807, 2.05) is 6.26 Å². The molecule has 0 fully saturated rings. The van der Waals surface area contributed by atoms with Gasteiger partial charge in [0, 0.05) is 12.7 Å². The van der Waals surface area contributed by atoms with Crippen LogP contribution in [-0.4, -0.2) is 56.7 Å². The average Bonchev–Trinajstić information content (AvgIpc) is 2.87. The van der Waals surface area contributed by atoms with Crippen LogP contribution in [0.2, 0.25) is 0 Å². The number of carboxylic acids is 1. The average molecular weight is 287 g/mol. The van der Waals surface area contributed by atoms with Crippen LogP contribution >= 0.6 is 11.8 Å². The minimum absolute atomic E-state index is 0.351. The van der Waals surface area contributed by atoms with Crippen LogP contribution in [-0.2, 0) is 11.3 Å². The second-order valence-electron chi connectivity index (χ2n) is 3.74. The van der Waals surface area contributed by atoms with Crippen molar-refractivity contribution in [3.8, 4) is 0 Å². The van der Waals surface area contributed by atoms with Crippen molar-refractivity contribution in [2.24, 2.45) is 0 Å². The fourth-order valence-corrected chi connectivity index (χ4v) is 1.81. The third kappa shape index (κ3) is 6.09. The number of aromatic nitrogens is 3. The molecule has 9 heteroatoms. The topological polar surface area (TPSA) is 109 Å². The van der Waals surface area contributed by atoms with Gasteiger partial charge in [0.15, 0.2) is 0 Å². The number of thioether (sulfide) groups is 1. The van der Waals surface area contributed by atoms with Crippen molar-refractivity contribution in [3.63, 3.8) is 0 Å². The predicted octanol–water partition coefficient (Wildman–Crippen LogP) is -0.216. The SMILES string of the molecule is CSCC[C@@H](NC(=O)NCCn1ccnn1)C(=O)O. The molecule has 1 rings (SSSR count). The lowest BCUT2D eigenvalue weighted by atomic mass is 10.2. The minimum Gasteiger partial charge on any atom is -0.480 e. The Morgan fingerprint density at radius 2 is 2.32 bits per heavy atom. The first-order valence-corrected chi connectivity index (χ1v) is 7.13. The van der Waals surface area contributed by atoms with Gasteiger partial charge in [0.1, 0.15) is 6.04 Å². The van der Waals surface area contributed by atoms with Gasteiger partial charge in [-0.3, -0.25) is 4.68 Å². The Hall–Kier alpha value is -1.77. The predicted molar refractivity (Wildman–Crippen MR) is 71.0 cm³/mol. The number of carbonyl (C=O) groups is 2. The molecule has 1 aromatic heterocycles. The molecule has 1 heterocycles. The molecule has 8 nitrogen and oxygen atoms in total. The zero-order valence-corrected chi connectivity index (χ0v) is 11.4. The Bertz CT molecular complexity index is 398. The largest absolute Gasteiger partial charge is 0.480 e. The summed E-state index contributed by atoms with van der Waals surface area (Å²) in [7, 11) is 0. The molecule has 0 saturated carbocycles. The van der Waals surface area contributed by atoms with Gasteiger partial charge in [0.05, 0.1) is 12.7 Å². The van der Waals surface area contributed by atoms with Crippen molar-refractivity contribution >= 4 is 23.8 Å². The van der Waals surface area contributed by atoms with E-state index in [1.165, 1.54) is 11.8 Å². The number of nitrogens with one attached hydrogen (secondary N) is 2. The second kappa shape index (κ2) is 8.35. The van der Waals surface area contributed by atoms with Crippen LogP contribution in [0.5, 0.6) is 0 Å². The molecular weight excluding hydrogens is 270 g/mol. The van der Waals surface area contributed by atoms with E-state index in [4.69, 9.17) is 5.11 Å². The maximum absolute atomic E-state index is 11.5. The monoisotopic (exact) mass is 287 g/mol. The van der Waals surface area contributed by atoms with Crippen LogP contribution in [0, 0.1) is 0 Å². The molecule has 0 spiro atoms. The third-order valence-electron chi connectivity index (χ3n) is 2.31. The third-order valence-corrected chi connectivity index (χ3v) is 2.96. The Labute approximate surface area is 114 Å². The summed E-state index contributed by atoms with van der Waals surface area (Å²) in [6, 6.07) is -1.35. The molecule has 0 aliphatic carbocycles. The highest BCUT2D eigenvalue weighted by molar-refractivity contribution is 7.98. The Kier molecular flexibility index (Phi) is 6.72. The van der Waals surface area contributed by atoms with Gasteiger partial charge >= 0.3 is 12.0 Å². The van der Waals surface area contributed by atoms with E-state index >= 15 is 0 Å². The lowest BCUT2D eigenvalue weighted by Gasteiger charge is -2.14. The number of hydrogen-bond acceptors (Lipinski definition) is 5. The molecule has 3 N–H and O–H groups in total. The maximum Gasteiger partial charge on any atom is 0.326 e. The summed E-state index contributed by atoms with van der Waals surface area (Å²) in [5.74, 6) is -0.351. The van der Waals surface area contributed by atoms with Gasteiger partial charge in [-0.1, -0.05) is 5.21 Å².